The number of halogens is 4. The number of phenols is 1. The third-order valence-electron chi connectivity index (χ3n) is 2.68. The van der Waals surface area contributed by atoms with E-state index in [2.05, 4.69) is 0 Å². The standard InChI is InChI=1S/C12H16F3NO.ClH/c1-7-5-9(6-8(2)11(7)17)10(16)3-4-12(13,14)15;/h5-6,10,17H,3-4,16H2,1-2H3;1H/t10-;/m1./s1. The summed E-state index contributed by atoms with van der Waals surface area (Å²) in [4.78, 5) is 0. The first-order valence-corrected chi connectivity index (χ1v) is 5.33. The van der Waals surface area contributed by atoms with Gasteiger partial charge in [-0.3, -0.25) is 0 Å². The minimum absolute atomic E-state index is 0. The third kappa shape index (κ3) is 4.74. The van der Waals surface area contributed by atoms with Gasteiger partial charge in [0.1, 0.15) is 5.75 Å². The first kappa shape index (κ1) is 17.1. The number of hydrogen-bond acceptors (Lipinski definition) is 2. The predicted molar refractivity (Wildman–Crippen MR) is 67.0 cm³/mol. The topological polar surface area (TPSA) is 46.2 Å². The van der Waals surface area contributed by atoms with Gasteiger partial charge in [-0.15, -0.1) is 12.4 Å². The molecule has 0 unspecified atom stereocenters. The molecule has 104 valence electrons. The van der Waals surface area contributed by atoms with E-state index in [1.165, 1.54) is 0 Å². The molecule has 0 fully saturated rings. The van der Waals surface area contributed by atoms with E-state index in [1.807, 2.05) is 0 Å². The highest BCUT2D eigenvalue weighted by Crippen LogP contribution is 2.30. The molecule has 0 amide bonds. The molecule has 6 heteroatoms. The number of hydrogen-bond donors (Lipinski definition) is 2. The molecular weight excluding hydrogens is 267 g/mol. The van der Waals surface area contributed by atoms with E-state index >= 15 is 0 Å². The molecule has 0 spiro atoms. The molecule has 0 heterocycles. The SMILES string of the molecule is Cc1cc([C@H](N)CCC(F)(F)F)cc(C)c1O.Cl. The molecule has 0 aromatic heterocycles. The van der Waals surface area contributed by atoms with Gasteiger partial charge in [0.15, 0.2) is 0 Å². The van der Waals surface area contributed by atoms with Crippen LogP contribution in [0, 0.1) is 13.8 Å². The number of phenolic OH excluding ortho intramolecular Hbond substituents is 1. The maximum atomic E-state index is 12.1. The van der Waals surface area contributed by atoms with Crippen molar-refractivity contribution in [3.8, 4) is 5.75 Å². The number of rotatable bonds is 3. The highest BCUT2D eigenvalue weighted by atomic mass is 35.5. The van der Waals surface area contributed by atoms with Crippen molar-refractivity contribution in [3.63, 3.8) is 0 Å². The Morgan fingerprint density at radius 2 is 1.67 bits per heavy atom. The lowest BCUT2D eigenvalue weighted by atomic mass is 9.98. The van der Waals surface area contributed by atoms with E-state index < -0.39 is 18.6 Å². The number of aryl methyl sites for hydroxylation is 2. The van der Waals surface area contributed by atoms with Gasteiger partial charge in [-0.25, -0.2) is 0 Å². The fraction of sp³-hybridized carbons (Fsp3) is 0.500. The molecule has 18 heavy (non-hydrogen) atoms. The van der Waals surface area contributed by atoms with Gasteiger partial charge >= 0.3 is 6.18 Å². The van der Waals surface area contributed by atoms with Gasteiger partial charge in [-0.1, -0.05) is 12.1 Å². The lowest BCUT2D eigenvalue weighted by molar-refractivity contribution is -0.136. The van der Waals surface area contributed by atoms with Crippen LogP contribution < -0.4 is 5.73 Å². The maximum Gasteiger partial charge on any atom is 0.389 e. The van der Waals surface area contributed by atoms with Crippen LogP contribution in [0.4, 0.5) is 13.2 Å². The summed E-state index contributed by atoms with van der Waals surface area (Å²) in [6, 6.07) is 2.60. The molecule has 0 saturated heterocycles. The second-order valence-corrected chi connectivity index (χ2v) is 4.26. The Morgan fingerprint density at radius 1 is 1.22 bits per heavy atom. The molecular formula is C12H17ClF3NO. The van der Waals surface area contributed by atoms with Crippen molar-refractivity contribution in [2.75, 3.05) is 0 Å². The fourth-order valence-corrected chi connectivity index (χ4v) is 1.69. The van der Waals surface area contributed by atoms with Crippen molar-refractivity contribution in [2.45, 2.75) is 38.9 Å². The molecule has 2 nitrogen and oxygen atoms in total. The highest BCUT2D eigenvalue weighted by molar-refractivity contribution is 5.85. The largest absolute Gasteiger partial charge is 0.507 e. The average Bonchev–Trinajstić information content (AvgIpc) is 2.20. The van der Waals surface area contributed by atoms with Crippen LogP contribution in [0.25, 0.3) is 0 Å². The summed E-state index contributed by atoms with van der Waals surface area (Å²) >= 11 is 0. The predicted octanol–water partition coefficient (Wildman–Crippen LogP) is 3.77. The minimum atomic E-state index is -4.18. The maximum absolute atomic E-state index is 12.1. The van der Waals surface area contributed by atoms with Crippen molar-refractivity contribution >= 4 is 12.4 Å². The Hall–Kier alpha value is -0.940. The van der Waals surface area contributed by atoms with E-state index in [9.17, 15) is 18.3 Å². The minimum Gasteiger partial charge on any atom is -0.507 e. The Balaban J connectivity index is 0.00000289. The van der Waals surface area contributed by atoms with Crippen LogP contribution in [0.15, 0.2) is 12.1 Å². The van der Waals surface area contributed by atoms with Gasteiger partial charge in [-0.05, 0) is 37.0 Å². The van der Waals surface area contributed by atoms with Gasteiger partial charge in [0.2, 0.25) is 0 Å². The van der Waals surface area contributed by atoms with Crippen LogP contribution in [-0.2, 0) is 0 Å². The van der Waals surface area contributed by atoms with E-state index in [4.69, 9.17) is 5.73 Å². The second-order valence-electron chi connectivity index (χ2n) is 4.26. The molecule has 0 aliphatic carbocycles. The second kappa shape index (κ2) is 6.29. The van der Waals surface area contributed by atoms with Crippen molar-refractivity contribution < 1.29 is 18.3 Å². The van der Waals surface area contributed by atoms with Crippen molar-refractivity contribution in [3.05, 3.63) is 28.8 Å². The van der Waals surface area contributed by atoms with Gasteiger partial charge < -0.3 is 10.8 Å². The van der Waals surface area contributed by atoms with Crippen LogP contribution in [0.1, 0.15) is 35.6 Å². The zero-order valence-electron chi connectivity index (χ0n) is 10.2. The smallest absolute Gasteiger partial charge is 0.389 e. The number of aromatic hydroxyl groups is 1. The first-order valence-electron chi connectivity index (χ1n) is 5.33. The van der Waals surface area contributed by atoms with Crippen LogP contribution in [-0.4, -0.2) is 11.3 Å². The lowest BCUT2D eigenvalue weighted by Crippen LogP contribution is -2.16. The molecule has 1 atom stereocenters. The summed E-state index contributed by atoms with van der Waals surface area (Å²) in [5, 5.41) is 9.55. The van der Waals surface area contributed by atoms with E-state index in [1.54, 1.807) is 26.0 Å². The lowest BCUT2D eigenvalue weighted by Gasteiger charge is -2.15. The quantitative estimate of drug-likeness (QED) is 0.887. The molecule has 0 aliphatic heterocycles. The van der Waals surface area contributed by atoms with Crippen molar-refractivity contribution in [1.82, 2.24) is 0 Å². The Kier molecular flexibility index (Phi) is 5.96. The molecule has 3 N–H and O–H groups in total. The van der Waals surface area contributed by atoms with Crippen LogP contribution in [0.2, 0.25) is 0 Å². The summed E-state index contributed by atoms with van der Waals surface area (Å²) in [5.41, 5.74) is 7.59. The summed E-state index contributed by atoms with van der Waals surface area (Å²) in [5.74, 6) is 0.164. The number of benzene rings is 1. The van der Waals surface area contributed by atoms with Crippen LogP contribution in [0.5, 0.6) is 5.75 Å². The summed E-state index contributed by atoms with van der Waals surface area (Å²) in [6.07, 6.45) is -5.22. The summed E-state index contributed by atoms with van der Waals surface area (Å²) in [6.45, 7) is 3.39. The van der Waals surface area contributed by atoms with Crippen LogP contribution in [0.3, 0.4) is 0 Å². The monoisotopic (exact) mass is 283 g/mol. The summed E-state index contributed by atoms with van der Waals surface area (Å²) in [7, 11) is 0. The molecule has 1 rings (SSSR count). The zero-order valence-corrected chi connectivity index (χ0v) is 11.0. The molecule has 1 aromatic rings. The van der Waals surface area contributed by atoms with E-state index in [-0.39, 0.29) is 24.6 Å². The molecule has 1 aromatic carbocycles. The van der Waals surface area contributed by atoms with Gasteiger partial charge in [-0.2, -0.15) is 13.2 Å². The average molecular weight is 284 g/mol. The first-order chi connectivity index (χ1) is 7.70. The van der Waals surface area contributed by atoms with Gasteiger partial charge in [0.05, 0.1) is 0 Å². The number of nitrogens with two attached hydrogens (primary N) is 1. The molecule has 0 radical (unpaired) electrons. The Morgan fingerprint density at radius 3 is 2.06 bits per heavy atom. The molecule has 0 aliphatic rings. The Bertz CT molecular complexity index is 384. The Labute approximate surface area is 110 Å². The van der Waals surface area contributed by atoms with E-state index in [0.29, 0.717) is 16.7 Å². The third-order valence-corrected chi connectivity index (χ3v) is 2.68. The van der Waals surface area contributed by atoms with Crippen molar-refractivity contribution in [2.24, 2.45) is 5.73 Å². The van der Waals surface area contributed by atoms with Gasteiger partial charge in [0.25, 0.3) is 0 Å². The molecule has 0 bridgehead atoms. The van der Waals surface area contributed by atoms with Crippen LogP contribution >= 0.6 is 12.4 Å². The highest BCUT2D eigenvalue weighted by Gasteiger charge is 2.27. The normalized spacial score (nSPS) is 13.0. The summed E-state index contributed by atoms with van der Waals surface area (Å²) < 4.78 is 36.2. The van der Waals surface area contributed by atoms with Crippen molar-refractivity contribution in [1.29, 1.82) is 0 Å². The molecule has 0 saturated carbocycles. The van der Waals surface area contributed by atoms with E-state index in [0.717, 1.165) is 0 Å². The van der Waals surface area contributed by atoms with Gasteiger partial charge in [0, 0.05) is 12.5 Å². The number of alkyl halides is 3. The fourth-order valence-electron chi connectivity index (χ4n) is 1.69. The zero-order chi connectivity index (χ0) is 13.2.